The molecule has 20 heteroatoms. The van der Waals surface area contributed by atoms with Crippen LogP contribution < -0.4 is 29.0 Å². The van der Waals surface area contributed by atoms with E-state index in [-0.39, 0.29) is 64.8 Å². The number of phenols is 2. The zero-order valence-electron chi connectivity index (χ0n) is 33.4. The third-order valence-corrected chi connectivity index (χ3v) is 13.9. The monoisotopic (exact) mass is 940 g/mol. The van der Waals surface area contributed by atoms with Gasteiger partial charge in [0, 0.05) is 75.9 Å². The minimum atomic E-state index is -1.50. The Balaban J connectivity index is 0.00000104. The Kier molecular flexibility index (Phi) is 11.6. The summed E-state index contributed by atoms with van der Waals surface area (Å²) in [5.74, 6) is 0.973. The molecule has 2 saturated heterocycles. The second kappa shape index (κ2) is 16.2. The number of carbonyl (C=O) groups excluding carboxylic acids is 2. The Morgan fingerprint density at radius 1 is 1.08 bits per heavy atom. The average Bonchev–Trinajstić information content (AvgIpc) is 3.68. The van der Waals surface area contributed by atoms with E-state index in [9.17, 15) is 25.1 Å². The molecule has 0 aliphatic carbocycles. The summed E-state index contributed by atoms with van der Waals surface area (Å²) in [6.45, 7) is 5.28. The van der Waals surface area contributed by atoms with Gasteiger partial charge in [0.25, 0.3) is 5.09 Å². The Morgan fingerprint density at radius 2 is 1.80 bits per heavy atom. The van der Waals surface area contributed by atoms with Crippen LogP contribution in [0.3, 0.4) is 0 Å². The fraction of sp³-hybridized carbons (Fsp3) is 0.475. The van der Waals surface area contributed by atoms with E-state index >= 15 is 0 Å². The van der Waals surface area contributed by atoms with Crippen LogP contribution in [0.4, 0.5) is 0 Å². The minimum absolute atomic E-state index is 0. The summed E-state index contributed by atoms with van der Waals surface area (Å²) in [7, 11) is 4.99. The van der Waals surface area contributed by atoms with Crippen molar-refractivity contribution in [1.29, 1.82) is 5.26 Å². The van der Waals surface area contributed by atoms with Crippen molar-refractivity contribution in [3.8, 4) is 46.3 Å². The molecule has 7 aliphatic rings. The largest absolute Gasteiger partial charge is 0.504 e. The van der Waals surface area contributed by atoms with Gasteiger partial charge in [-0.3, -0.25) is 19.9 Å². The number of hydrogen-bond donors (Lipinski definition) is 4. The number of nitrogens with zero attached hydrogens (tertiary/aromatic N) is 4. The first-order valence-electron chi connectivity index (χ1n) is 18.9. The Bertz CT molecular complexity index is 2340. The van der Waals surface area contributed by atoms with E-state index in [1.165, 1.54) is 32.9 Å². The van der Waals surface area contributed by atoms with Gasteiger partial charge in [0.1, 0.15) is 18.4 Å². The summed E-state index contributed by atoms with van der Waals surface area (Å²) < 4.78 is 36.1. The zero-order valence-corrected chi connectivity index (χ0v) is 35.7. The number of aryl methyl sites for hydroxylation is 1. The summed E-state index contributed by atoms with van der Waals surface area (Å²) >= 11 is 1.48. The average molecular weight is 942 g/mol. The maximum absolute atomic E-state index is 14.7. The third kappa shape index (κ3) is 6.47. The number of likely N-dealkylation sites (N-methyl/N-ethyl adjacent to an activating group) is 1. The fourth-order valence-corrected chi connectivity index (χ4v) is 11.9. The Hall–Kier alpha value is -4.94. The fourth-order valence-electron chi connectivity index (χ4n) is 10.2. The quantitative estimate of drug-likeness (QED) is 0.0965. The molecule has 1 radical (unpaired) electrons. The third-order valence-electron chi connectivity index (χ3n) is 12.4. The van der Waals surface area contributed by atoms with Crippen LogP contribution in [0, 0.1) is 35.3 Å². The molecule has 1 spiro atoms. The van der Waals surface area contributed by atoms with Crippen molar-refractivity contribution in [1.82, 2.24) is 15.1 Å². The molecule has 2 fully saturated rings. The molecule has 60 heavy (non-hydrogen) atoms. The number of thioether (sulfide) groups is 1. The first kappa shape index (κ1) is 43.2. The van der Waals surface area contributed by atoms with Gasteiger partial charge in [0.2, 0.25) is 6.79 Å². The second-order valence-electron chi connectivity index (χ2n) is 15.3. The summed E-state index contributed by atoms with van der Waals surface area (Å²) in [5.41, 5.74) is 4.41. The number of methoxy groups -OCH3 is 2. The van der Waals surface area contributed by atoms with Crippen LogP contribution in [0.25, 0.3) is 0 Å². The maximum Gasteiger partial charge on any atom is 0.331 e. The number of benzene rings is 3. The second-order valence-corrected chi connectivity index (χ2v) is 16.5. The predicted octanol–water partition coefficient (Wildman–Crippen LogP) is 3.64. The molecule has 2 unspecified atom stereocenters. The van der Waals surface area contributed by atoms with Crippen molar-refractivity contribution in [2.45, 2.75) is 74.6 Å². The van der Waals surface area contributed by atoms with Crippen LogP contribution in [-0.4, -0.2) is 107 Å². The van der Waals surface area contributed by atoms with E-state index < -0.39 is 52.0 Å². The van der Waals surface area contributed by atoms with E-state index in [0.29, 0.717) is 70.2 Å². The Morgan fingerprint density at radius 3 is 2.47 bits per heavy atom. The van der Waals surface area contributed by atoms with Gasteiger partial charge in [-0.2, -0.15) is 5.26 Å². The van der Waals surface area contributed by atoms with E-state index in [0.717, 1.165) is 16.7 Å². The summed E-state index contributed by atoms with van der Waals surface area (Å²) in [6, 6.07) is 5.28. The molecule has 18 nitrogen and oxygen atoms in total. The number of piperazine rings is 1. The molecule has 323 valence electrons. The van der Waals surface area contributed by atoms with Crippen LogP contribution >= 0.6 is 11.8 Å². The van der Waals surface area contributed by atoms with Crippen LogP contribution in [0.15, 0.2) is 18.2 Å². The number of phenolic OH excluding ortho intramolecular Hbond substituents is 2. The molecule has 0 aromatic heterocycles. The molecular weight excluding hydrogens is 898 g/mol. The zero-order chi connectivity index (χ0) is 42.2. The number of nitriles is 1. The molecule has 3 aromatic carbocycles. The van der Waals surface area contributed by atoms with Crippen molar-refractivity contribution in [2.75, 3.05) is 47.0 Å². The normalized spacial score (nSPS) is 26.9. The van der Waals surface area contributed by atoms with Crippen LogP contribution in [0.2, 0.25) is 0 Å². The van der Waals surface area contributed by atoms with Crippen molar-refractivity contribution in [3.05, 3.63) is 72.8 Å². The van der Waals surface area contributed by atoms with Gasteiger partial charge in [0.05, 0.1) is 37.6 Å². The molecule has 0 saturated carbocycles. The number of ether oxygens (including phenoxy) is 6. The number of esters is 2. The first-order valence-corrected chi connectivity index (χ1v) is 19.9. The summed E-state index contributed by atoms with van der Waals surface area (Å²) in [4.78, 5) is 40.4. The summed E-state index contributed by atoms with van der Waals surface area (Å²) in [6.07, 6.45) is 1.05. The smallest absolute Gasteiger partial charge is 0.331 e. The van der Waals surface area contributed by atoms with Crippen LogP contribution in [0.5, 0.6) is 40.2 Å². The van der Waals surface area contributed by atoms with Crippen LogP contribution in [0.1, 0.15) is 68.8 Å². The van der Waals surface area contributed by atoms with Crippen molar-refractivity contribution >= 4 is 23.7 Å². The molecule has 4 bridgehead atoms. The van der Waals surface area contributed by atoms with Gasteiger partial charge in [-0.25, -0.2) is 4.79 Å². The molecule has 7 atom stereocenters. The minimum Gasteiger partial charge on any atom is -0.504 e. The number of fused-ring (bicyclic) bond motifs is 9. The molecule has 4 N–H and O–H groups in total. The topological polar surface area (TPSA) is 236 Å². The molecule has 7 aliphatic heterocycles. The standard InChI is InChI=1S/C40H42N4O10S.Ag.HNO3/c1-17-9-21-10-23-24(13-41)44-25-14-51-39(48)40(22-12-27(49-5)26(46)11-20(22)7-8-42-40)15-55-38(32(44)31(43(23)4)28(21)33(47)34(17)50-6)30-29(25)37-36(52-16-53-37)18(2)35(30)54-19(3)45;;2-1(3)4/h9,11-12,23-25,31-32,38,42,46-47H,7-8,10,14-16H2,1-6H3;;(H,2,3,4)/t23-,24?,25-,31+,32?,38+,40+;;/m0../s1. The van der Waals surface area contributed by atoms with Gasteiger partial charge >= 0.3 is 11.9 Å². The van der Waals surface area contributed by atoms with Crippen molar-refractivity contribution in [2.24, 2.45) is 0 Å². The predicted molar refractivity (Wildman–Crippen MR) is 207 cm³/mol. The number of nitrogens with one attached hydrogen (secondary N) is 1. The van der Waals surface area contributed by atoms with Crippen molar-refractivity contribution < 1.29 is 80.9 Å². The number of hydrogen-bond acceptors (Lipinski definition) is 17. The SMILES string of the molecule is COc1cc2c(cc1O)CCN[C@]21CS[C@@H]2c3c(OC(C)=O)c(C)c4c(c3[C@H](COC1=O)N1C2[C@H]2c3c(cc(C)c(OC)c3O)C[C@@H](C1C#N)N2C)OCO4.O=[N+]([O-])O.[Ag]. The van der Waals surface area contributed by atoms with E-state index in [1.54, 1.807) is 12.1 Å². The first-order chi connectivity index (χ1) is 28.2. The number of rotatable bonds is 3. The molecular formula is C40H43AgN5O13S. The number of carbonyl (C=O) groups is 2. The van der Waals surface area contributed by atoms with E-state index in [2.05, 4.69) is 21.2 Å². The van der Waals surface area contributed by atoms with Crippen LogP contribution in [-0.2, 0) is 55.1 Å². The molecule has 7 heterocycles. The van der Waals surface area contributed by atoms with Gasteiger partial charge in [-0.05, 0) is 68.1 Å². The maximum atomic E-state index is 14.7. The van der Waals surface area contributed by atoms with Crippen molar-refractivity contribution in [3.63, 3.8) is 0 Å². The number of aromatic hydroxyl groups is 2. The summed E-state index contributed by atoms with van der Waals surface area (Å²) in [5, 5.41) is 50.5. The van der Waals surface area contributed by atoms with Gasteiger partial charge in [-0.15, -0.1) is 21.9 Å². The van der Waals surface area contributed by atoms with Gasteiger partial charge in [0.15, 0.2) is 40.0 Å². The Labute approximate surface area is 364 Å². The molecule has 3 aromatic rings. The van der Waals surface area contributed by atoms with Gasteiger partial charge < -0.3 is 43.8 Å². The van der Waals surface area contributed by atoms with Gasteiger partial charge in [-0.1, -0.05) is 6.07 Å². The molecule has 0 amide bonds. The van der Waals surface area contributed by atoms with E-state index in [4.69, 9.17) is 43.7 Å². The molecule has 10 rings (SSSR count). The van der Waals surface area contributed by atoms with E-state index in [1.807, 2.05) is 27.0 Å².